The van der Waals surface area contributed by atoms with E-state index in [4.69, 9.17) is 0 Å². The maximum Gasteiger partial charge on any atom is 0.0849 e. The fraction of sp³-hybridized carbons (Fsp3) is 0.926. The second-order valence-corrected chi connectivity index (χ2v) is 12.8. The third-order valence-corrected chi connectivity index (χ3v) is 10.7. The van der Waals surface area contributed by atoms with Crippen LogP contribution in [0, 0.1) is 40.4 Å². The molecule has 11 atom stereocenters. The SMILES string of the molecule is C[C@H](CCC(O)C(C)(C)O)[C@H]1CC[C@H]2[C@@H]3[C@H](O)C=C4C[C@@H](O)CC[C@]4(C)[C@H]3C[C@H](O)[C@]12C. The van der Waals surface area contributed by atoms with E-state index in [1.165, 1.54) is 5.57 Å². The van der Waals surface area contributed by atoms with Crippen molar-refractivity contribution in [3.05, 3.63) is 11.6 Å². The van der Waals surface area contributed by atoms with Crippen LogP contribution in [-0.2, 0) is 0 Å². The van der Waals surface area contributed by atoms with Gasteiger partial charge in [-0.1, -0.05) is 32.4 Å². The summed E-state index contributed by atoms with van der Waals surface area (Å²) in [4.78, 5) is 0. The number of fused-ring (bicyclic) bond motifs is 5. The molecule has 0 aromatic rings. The predicted molar refractivity (Wildman–Crippen MR) is 125 cm³/mol. The van der Waals surface area contributed by atoms with Crippen molar-refractivity contribution < 1.29 is 25.5 Å². The molecule has 5 heteroatoms. The summed E-state index contributed by atoms with van der Waals surface area (Å²) in [6, 6.07) is 0. The number of hydrogen-bond acceptors (Lipinski definition) is 5. The second kappa shape index (κ2) is 8.34. The van der Waals surface area contributed by atoms with Gasteiger partial charge in [-0.3, -0.25) is 0 Å². The van der Waals surface area contributed by atoms with E-state index in [1.54, 1.807) is 13.8 Å². The summed E-state index contributed by atoms with van der Waals surface area (Å²) >= 11 is 0. The van der Waals surface area contributed by atoms with Crippen molar-refractivity contribution in [3.63, 3.8) is 0 Å². The van der Waals surface area contributed by atoms with Crippen LogP contribution in [0.3, 0.4) is 0 Å². The molecule has 0 aromatic carbocycles. The maximum absolute atomic E-state index is 11.6. The van der Waals surface area contributed by atoms with E-state index >= 15 is 0 Å². The van der Waals surface area contributed by atoms with Gasteiger partial charge in [0.1, 0.15) is 0 Å². The Balaban J connectivity index is 1.57. The Hall–Kier alpha value is -0.460. The second-order valence-electron chi connectivity index (χ2n) is 12.8. The number of aliphatic hydroxyl groups excluding tert-OH is 4. The molecule has 0 heterocycles. The largest absolute Gasteiger partial charge is 0.393 e. The van der Waals surface area contributed by atoms with Gasteiger partial charge in [0, 0.05) is 0 Å². The van der Waals surface area contributed by atoms with E-state index < -0.39 is 23.9 Å². The van der Waals surface area contributed by atoms with E-state index in [-0.39, 0.29) is 34.7 Å². The summed E-state index contributed by atoms with van der Waals surface area (Å²) < 4.78 is 0. The Labute approximate surface area is 193 Å². The predicted octanol–water partition coefficient (Wildman–Crippen LogP) is 3.42. The van der Waals surface area contributed by atoms with Crippen LogP contribution in [0.1, 0.15) is 86.0 Å². The summed E-state index contributed by atoms with van der Waals surface area (Å²) in [5.41, 5.74) is -0.175. The minimum absolute atomic E-state index is 0.0358. The van der Waals surface area contributed by atoms with Crippen LogP contribution in [0.4, 0.5) is 0 Å². The summed E-state index contributed by atoms with van der Waals surface area (Å²) in [6.45, 7) is 10.1. The monoisotopic (exact) mass is 450 g/mol. The Morgan fingerprint density at radius 3 is 2.41 bits per heavy atom. The molecule has 1 unspecified atom stereocenters. The lowest BCUT2D eigenvalue weighted by Gasteiger charge is -2.61. The lowest BCUT2D eigenvalue weighted by Crippen LogP contribution is -2.59. The molecular formula is C27H46O5. The fourth-order valence-corrected chi connectivity index (χ4v) is 8.54. The normalized spacial score (nSPS) is 48.3. The van der Waals surface area contributed by atoms with Crippen molar-refractivity contribution in [2.45, 2.75) is 116 Å². The summed E-state index contributed by atoms with van der Waals surface area (Å²) in [5, 5.41) is 53.5. The first-order chi connectivity index (χ1) is 14.8. The zero-order valence-corrected chi connectivity index (χ0v) is 20.7. The van der Waals surface area contributed by atoms with Gasteiger partial charge < -0.3 is 25.5 Å². The average molecular weight is 451 g/mol. The number of aliphatic hydroxyl groups is 5. The molecule has 0 radical (unpaired) electrons. The van der Waals surface area contributed by atoms with Gasteiger partial charge in [0.2, 0.25) is 0 Å². The van der Waals surface area contributed by atoms with Crippen LogP contribution in [0.15, 0.2) is 11.6 Å². The molecule has 0 aromatic heterocycles. The smallest absolute Gasteiger partial charge is 0.0849 e. The Morgan fingerprint density at radius 2 is 1.75 bits per heavy atom. The van der Waals surface area contributed by atoms with Crippen LogP contribution < -0.4 is 0 Å². The molecule has 4 aliphatic carbocycles. The van der Waals surface area contributed by atoms with Gasteiger partial charge in [-0.25, -0.2) is 0 Å². The van der Waals surface area contributed by atoms with Crippen molar-refractivity contribution in [2.75, 3.05) is 0 Å². The van der Waals surface area contributed by atoms with Crippen molar-refractivity contribution in [1.82, 2.24) is 0 Å². The van der Waals surface area contributed by atoms with E-state index in [2.05, 4.69) is 26.8 Å². The molecule has 3 fully saturated rings. The highest BCUT2D eigenvalue weighted by molar-refractivity contribution is 5.28. The molecule has 32 heavy (non-hydrogen) atoms. The van der Waals surface area contributed by atoms with Crippen LogP contribution in [-0.4, -0.2) is 55.5 Å². The standard InChI is InChI=1S/C27H46O5/c1-15(6-9-22(30)25(2,3)32)18-7-8-19-24-20(14-23(31)27(18,19)5)26(4)11-10-17(28)12-16(26)13-21(24)29/h13,15,17-24,28-32H,6-12,14H2,1-5H3/t15-,17+,18-,19+,20+,21-,22?,23+,24+,26+,27-/m1/s1. The average Bonchev–Trinajstić information content (AvgIpc) is 3.06. The van der Waals surface area contributed by atoms with Gasteiger partial charge in [0.15, 0.2) is 0 Å². The minimum Gasteiger partial charge on any atom is -0.393 e. The van der Waals surface area contributed by atoms with Gasteiger partial charge in [-0.05, 0) is 106 Å². The number of hydrogen-bond donors (Lipinski definition) is 5. The Kier molecular flexibility index (Phi) is 6.42. The molecule has 0 saturated heterocycles. The summed E-state index contributed by atoms with van der Waals surface area (Å²) in [5.74, 6) is 1.37. The van der Waals surface area contributed by atoms with Gasteiger partial charge in [-0.2, -0.15) is 0 Å². The highest BCUT2D eigenvalue weighted by Gasteiger charge is 2.64. The third kappa shape index (κ3) is 3.80. The van der Waals surface area contributed by atoms with Crippen LogP contribution in [0.2, 0.25) is 0 Å². The van der Waals surface area contributed by atoms with Crippen molar-refractivity contribution in [3.8, 4) is 0 Å². The lowest BCUT2D eigenvalue weighted by molar-refractivity contribution is -0.158. The third-order valence-electron chi connectivity index (χ3n) is 10.7. The zero-order chi connectivity index (χ0) is 23.6. The first kappa shape index (κ1) is 24.7. The summed E-state index contributed by atoms with van der Waals surface area (Å²) in [7, 11) is 0. The molecule has 0 aliphatic heterocycles. The molecule has 0 bridgehead atoms. The van der Waals surface area contributed by atoms with Crippen molar-refractivity contribution >= 4 is 0 Å². The molecule has 5 N–H and O–H groups in total. The van der Waals surface area contributed by atoms with Crippen LogP contribution in [0.5, 0.6) is 0 Å². The van der Waals surface area contributed by atoms with Gasteiger partial charge in [-0.15, -0.1) is 0 Å². The quantitative estimate of drug-likeness (QED) is 0.413. The number of rotatable bonds is 5. The van der Waals surface area contributed by atoms with Crippen molar-refractivity contribution in [1.29, 1.82) is 0 Å². The molecule has 3 saturated carbocycles. The topological polar surface area (TPSA) is 101 Å². The molecule has 5 nitrogen and oxygen atoms in total. The molecule has 4 aliphatic rings. The molecule has 4 rings (SSSR count). The fourth-order valence-electron chi connectivity index (χ4n) is 8.54. The maximum atomic E-state index is 11.6. The van der Waals surface area contributed by atoms with E-state index in [0.717, 1.165) is 32.1 Å². The molecule has 184 valence electrons. The van der Waals surface area contributed by atoms with Crippen molar-refractivity contribution in [2.24, 2.45) is 40.4 Å². The van der Waals surface area contributed by atoms with Crippen LogP contribution >= 0.6 is 0 Å². The lowest BCUT2D eigenvalue weighted by atomic mass is 9.45. The highest BCUT2D eigenvalue weighted by Crippen LogP contribution is 2.67. The molecule has 0 amide bonds. The first-order valence-corrected chi connectivity index (χ1v) is 13.0. The molecule has 0 spiro atoms. The summed E-state index contributed by atoms with van der Waals surface area (Å²) in [6.07, 6.45) is 6.62. The zero-order valence-electron chi connectivity index (χ0n) is 20.7. The highest BCUT2D eigenvalue weighted by atomic mass is 16.3. The van der Waals surface area contributed by atoms with E-state index in [1.807, 2.05) is 0 Å². The van der Waals surface area contributed by atoms with Gasteiger partial charge in [0.05, 0.1) is 30.0 Å². The van der Waals surface area contributed by atoms with E-state index in [9.17, 15) is 25.5 Å². The van der Waals surface area contributed by atoms with Gasteiger partial charge >= 0.3 is 0 Å². The van der Waals surface area contributed by atoms with E-state index in [0.29, 0.717) is 31.1 Å². The van der Waals surface area contributed by atoms with Crippen LogP contribution in [0.25, 0.3) is 0 Å². The Bertz CT molecular complexity index is 728. The first-order valence-electron chi connectivity index (χ1n) is 13.0. The molecular weight excluding hydrogens is 404 g/mol. The van der Waals surface area contributed by atoms with Gasteiger partial charge in [0.25, 0.3) is 0 Å². The Morgan fingerprint density at radius 1 is 1.06 bits per heavy atom. The minimum atomic E-state index is -1.10.